The molecule has 0 aromatic rings. The second-order valence-corrected chi connectivity index (χ2v) is 3.33. The van der Waals surface area contributed by atoms with Crippen LogP contribution < -0.4 is 15.8 Å². The van der Waals surface area contributed by atoms with Gasteiger partial charge in [0.1, 0.15) is 0 Å². The minimum absolute atomic E-state index is 0.711. The van der Waals surface area contributed by atoms with Crippen LogP contribution in [-0.4, -0.2) is 12.2 Å². The van der Waals surface area contributed by atoms with E-state index in [1.807, 2.05) is 13.2 Å². The van der Waals surface area contributed by atoms with Crippen molar-refractivity contribution in [3.8, 4) is 0 Å². The first kappa shape index (κ1) is 10.2. The summed E-state index contributed by atoms with van der Waals surface area (Å²) in [6.45, 7) is 0. The van der Waals surface area contributed by atoms with E-state index in [2.05, 4.69) is 40.6 Å². The molecule has 1 aliphatic carbocycles. The van der Waals surface area contributed by atoms with Crippen molar-refractivity contribution >= 4 is 17.8 Å². The summed E-state index contributed by atoms with van der Waals surface area (Å²) in [7, 11) is 1.81. The highest BCUT2D eigenvalue weighted by atomic mass is 32.1. The van der Waals surface area contributed by atoms with E-state index in [1.165, 1.54) is 5.57 Å². The highest BCUT2D eigenvalue weighted by Crippen LogP contribution is 2.15. The van der Waals surface area contributed by atoms with Crippen molar-refractivity contribution in [3.05, 3.63) is 23.9 Å². The van der Waals surface area contributed by atoms with E-state index >= 15 is 0 Å². The molecule has 0 bridgehead atoms. The van der Waals surface area contributed by atoms with Crippen molar-refractivity contribution in [2.24, 2.45) is 0 Å². The van der Waals surface area contributed by atoms with E-state index < -0.39 is 0 Å². The van der Waals surface area contributed by atoms with Crippen LogP contribution in [-0.2, 0) is 0 Å². The van der Waals surface area contributed by atoms with Crippen LogP contribution in [0.5, 0.6) is 0 Å². The molecule has 4 heteroatoms. The Labute approximate surface area is 84.4 Å². The lowest BCUT2D eigenvalue weighted by molar-refractivity contribution is -0.418. The van der Waals surface area contributed by atoms with E-state index in [1.54, 1.807) is 0 Å². The number of thiol groups is 1. The van der Waals surface area contributed by atoms with Crippen LogP contribution in [0.2, 0.25) is 0 Å². The molecule has 3 nitrogen and oxygen atoms in total. The monoisotopic (exact) mass is 198 g/mol. The van der Waals surface area contributed by atoms with Gasteiger partial charge < -0.3 is 0 Å². The quantitative estimate of drug-likeness (QED) is 0.162. The Morgan fingerprint density at radius 2 is 2.46 bits per heavy atom. The van der Waals surface area contributed by atoms with Crippen molar-refractivity contribution < 1.29 is 4.99 Å². The van der Waals surface area contributed by atoms with Gasteiger partial charge in [-0.2, -0.15) is 5.43 Å². The average molecular weight is 198 g/mol. The van der Waals surface area contributed by atoms with Gasteiger partial charge in [0.05, 0.1) is 7.05 Å². The lowest BCUT2D eigenvalue weighted by Gasteiger charge is -2.07. The van der Waals surface area contributed by atoms with Gasteiger partial charge in [0.2, 0.25) is 0 Å². The highest BCUT2D eigenvalue weighted by molar-refractivity contribution is 7.96. The summed E-state index contributed by atoms with van der Waals surface area (Å²) >= 11 is 4.12. The van der Waals surface area contributed by atoms with Crippen molar-refractivity contribution in [1.29, 1.82) is 0 Å². The van der Waals surface area contributed by atoms with Gasteiger partial charge in [-0.15, -0.1) is 0 Å². The van der Waals surface area contributed by atoms with Crippen LogP contribution in [0, 0.1) is 0 Å². The van der Waals surface area contributed by atoms with Gasteiger partial charge in [0.15, 0.2) is 0 Å². The second kappa shape index (κ2) is 5.70. The van der Waals surface area contributed by atoms with Crippen molar-refractivity contribution in [1.82, 2.24) is 10.9 Å². The van der Waals surface area contributed by atoms with Crippen LogP contribution in [0.4, 0.5) is 0 Å². The first-order valence-electron chi connectivity index (χ1n) is 4.41. The second-order valence-electron chi connectivity index (χ2n) is 2.88. The zero-order chi connectivity index (χ0) is 9.52. The third-order valence-electron chi connectivity index (χ3n) is 1.88. The molecule has 0 unspecified atom stereocenters. The van der Waals surface area contributed by atoms with Gasteiger partial charge in [-0.25, -0.2) is 5.43 Å². The first-order valence-corrected chi connectivity index (χ1v) is 4.86. The number of allylic oxidation sites excluding steroid dienone is 3. The van der Waals surface area contributed by atoms with Crippen LogP contribution in [0.15, 0.2) is 23.9 Å². The molecule has 0 aromatic heterocycles. The molecular weight excluding hydrogens is 182 g/mol. The fourth-order valence-electron chi connectivity index (χ4n) is 1.12. The molecule has 0 saturated carbocycles. The molecule has 72 valence electrons. The Bertz CT molecular complexity index is 243. The third-order valence-corrected chi connectivity index (χ3v) is 2.22. The van der Waals surface area contributed by atoms with Crippen LogP contribution in [0.3, 0.4) is 0 Å². The zero-order valence-corrected chi connectivity index (χ0v) is 8.70. The lowest BCUT2D eigenvalue weighted by Crippen LogP contribution is -2.71. The lowest BCUT2D eigenvalue weighted by atomic mass is 10.0. The maximum Gasteiger partial charge on any atom is 0.324 e. The minimum atomic E-state index is 0.711. The smallest absolute Gasteiger partial charge is 0.270 e. The van der Waals surface area contributed by atoms with Crippen LogP contribution in [0.1, 0.15) is 19.3 Å². The standard InChI is InChI=1S/C9H15N3S/c1-10-9(13)12-11-7-8-5-3-2-4-6-8/h2-3,7,11H,4-6H2,1H3,(H2,10,12,13)/p+1. The predicted molar refractivity (Wildman–Crippen MR) is 58.2 cm³/mol. The van der Waals surface area contributed by atoms with Crippen molar-refractivity contribution in [2.75, 3.05) is 7.05 Å². The first-order chi connectivity index (χ1) is 6.33. The SMILES string of the molecule is C[NH+]=C(S)NNC=C1CC=CCC1. The number of nitrogens with one attached hydrogen (secondary N) is 3. The molecule has 0 radical (unpaired) electrons. The van der Waals surface area contributed by atoms with E-state index in [0.29, 0.717) is 5.17 Å². The highest BCUT2D eigenvalue weighted by Gasteiger charge is 1.99. The number of amidine groups is 1. The molecule has 3 N–H and O–H groups in total. The summed E-state index contributed by atoms with van der Waals surface area (Å²) < 4.78 is 0. The Morgan fingerprint density at radius 1 is 1.62 bits per heavy atom. The van der Waals surface area contributed by atoms with Crippen LogP contribution >= 0.6 is 12.6 Å². The van der Waals surface area contributed by atoms with E-state index in [0.717, 1.165) is 19.3 Å². The van der Waals surface area contributed by atoms with Crippen molar-refractivity contribution in [2.45, 2.75) is 19.3 Å². The maximum absolute atomic E-state index is 4.12. The number of hydrazine groups is 1. The summed E-state index contributed by atoms with van der Waals surface area (Å²) in [5.74, 6) is 0. The molecule has 0 heterocycles. The normalized spacial score (nSPS) is 20.5. The molecule has 0 spiro atoms. The zero-order valence-electron chi connectivity index (χ0n) is 7.80. The van der Waals surface area contributed by atoms with Gasteiger partial charge in [0, 0.05) is 6.20 Å². The Balaban J connectivity index is 2.27. The number of hydrogen-bond acceptors (Lipinski definition) is 1. The summed E-state index contributed by atoms with van der Waals surface area (Å²) in [6, 6.07) is 0. The average Bonchev–Trinajstić information content (AvgIpc) is 2.19. The molecule has 13 heavy (non-hydrogen) atoms. The molecule has 0 amide bonds. The summed E-state index contributed by atoms with van der Waals surface area (Å²) in [5, 5.41) is 0.711. The largest absolute Gasteiger partial charge is 0.324 e. The molecular formula is C9H16N3S+. The van der Waals surface area contributed by atoms with Gasteiger partial charge >= 0.3 is 5.17 Å². The molecule has 0 aliphatic heterocycles. The van der Waals surface area contributed by atoms with Gasteiger partial charge in [0.25, 0.3) is 0 Å². The Kier molecular flexibility index (Phi) is 4.46. The van der Waals surface area contributed by atoms with Crippen LogP contribution in [0.25, 0.3) is 0 Å². The van der Waals surface area contributed by atoms with E-state index in [4.69, 9.17) is 0 Å². The van der Waals surface area contributed by atoms with E-state index in [9.17, 15) is 0 Å². The molecule has 0 aromatic carbocycles. The summed E-state index contributed by atoms with van der Waals surface area (Å²) in [4.78, 5) is 2.87. The number of hydrogen-bond donors (Lipinski definition) is 4. The van der Waals surface area contributed by atoms with E-state index in [-0.39, 0.29) is 0 Å². The molecule has 0 fully saturated rings. The predicted octanol–water partition coefficient (Wildman–Crippen LogP) is -0.299. The third kappa shape index (κ3) is 4.03. The molecule has 0 atom stereocenters. The van der Waals surface area contributed by atoms with Gasteiger partial charge in [-0.1, -0.05) is 24.8 Å². The summed E-state index contributed by atoms with van der Waals surface area (Å²) in [5.41, 5.74) is 7.29. The molecule has 1 aliphatic rings. The molecule has 1 rings (SSSR count). The minimum Gasteiger partial charge on any atom is -0.270 e. The summed E-state index contributed by atoms with van der Waals surface area (Å²) in [6.07, 6.45) is 9.76. The topological polar surface area (TPSA) is 38.0 Å². The Hall–Kier alpha value is -0.900. The van der Waals surface area contributed by atoms with Crippen molar-refractivity contribution in [3.63, 3.8) is 0 Å². The Morgan fingerprint density at radius 3 is 3.08 bits per heavy atom. The molecule has 0 saturated heterocycles. The number of rotatable bonds is 2. The fraction of sp³-hybridized carbons (Fsp3) is 0.444. The van der Waals surface area contributed by atoms with Gasteiger partial charge in [-0.05, 0) is 24.8 Å². The maximum atomic E-state index is 4.12. The fourth-order valence-corrected chi connectivity index (χ4v) is 1.19. The van der Waals surface area contributed by atoms with Gasteiger partial charge in [-0.3, -0.25) is 4.99 Å².